The van der Waals surface area contributed by atoms with Crippen molar-refractivity contribution in [1.82, 2.24) is 5.32 Å². The zero-order chi connectivity index (χ0) is 21.5. The first-order valence-corrected chi connectivity index (χ1v) is 11.3. The van der Waals surface area contributed by atoms with E-state index in [0.29, 0.717) is 35.1 Å². The van der Waals surface area contributed by atoms with E-state index in [4.69, 9.17) is 13.9 Å². The minimum absolute atomic E-state index is 0.199. The number of nitrogens with one attached hydrogen (secondary N) is 1. The molecule has 3 aromatic rings. The molecule has 0 aliphatic heterocycles. The summed E-state index contributed by atoms with van der Waals surface area (Å²) in [5, 5.41) is 2.83. The zero-order valence-electron chi connectivity index (χ0n) is 16.6. The molecule has 1 aromatic heterocycles. The fourth-order valence-electron chi connectivity index (χ4n) is 2.82. The van der Waals surface area contributed by atoms with E-state index in [9.17, 15) is 9.00 Å². The molecule has 0 saturated heterocycles. The summed E-state index contributed by atoms with van der Waals surface area (Å²) in [5.41, 5.74) is 1.01. The molecule has 0 fully saturated rings. The molecule has 0 spiro atoms. The fraction of sp³-hybridized carbons (Fsp3) is 0.227. The predicted octanol–water partition coefficient (Wildman–Crippen LogP) is 4.34. The van der Waals surface area contributed by atoms with Crippen LogP contribution in [0.5, 0.6) is 11.5 Å². The Morgan fingerprint density at radius 2 is 1.77 bits per heavy atom. The van der Waals surface area contributed by atoms with Crippen molar-refractivity contribution in [2.45, 2.75) is 17.1 Å². The van der Waals surface area contributed by atoms with Crippen LogP contribution in [0.2, 0.25) is 0 Å². The Kier molecular flexibility index (Phi) is 7.70. The summed E-state index contributed by atoms with van der Waals surface area (Å²) in [7, 11) is 1.92. The van der Waals surface area contributed by atoms with Crippen molar-refractivity contribution in [1.29, 1.82) is 0 Å². The molecule has 1 amide bonds. The lowest BCUT2D eigenvalue weighted by Crippen LogP contribution is -2.25. The van der Waals surface area contributed by atoms with Gasteiger partial charge in [-0.3, -0.25) is 9.00 Å². The maximum Gasteiger partial charge on any atom is 0.287 e. The quantitative estimate of drug-likeness (QED) is 0.481. The molecule has 0 unspecified atom stereocenters. The monoisotopic (exact) mass is 491 g/mol. The number of rotatable bonds is 9. The number of amides is 1. The van der Waals surface area contributed by atoms with Crippen molar-refractivity contribution in [2.24, 2.45) is 0 Å². The average molecular weight is 492 g/mol. The van der Waals surface area contributed by atoms with E-state index >= 15 is 0 Å². The molecule has 0 bridgehead atoms. The smallest absolute Gasteiger partial charge is 0.287 e. The van der Waals surface area contributed by atoms with Crippen LogP contribution in [-0.4, -0.2) is 30.9 Å². The third-order valence-corrected chi connectivity index (χ3v) is 6.26. The highest BCUT2D eigenvalue weighted by Crippen LogP contribution is 2.27. The van der Waals surface area contributed by atoms with Crippen molar-refractivity contribution in [3.8, 4) is 11.5 Å². The van der Waals surface area contributed by atoms with E-state index in [-0.39, 0.29) is 17.4 Å². The first-order chi connectivity index (χ1) is 14.5. The lowest BCUT2D eigenvalue weighted by Gasteiger charge is -2.09. The van der Waals surface area contributed by atoms with Crippen LogP contribution in [0.15, 0.2) is 68.4 Å². The van der Waals surface area contributed by atoms with E-state index in [2.05, 4.69) is 21.2 Å². The maximum atomic E-state index is 12.4. The normalized spacial score (nSPS) is 11.7. The van der Waals surface area contributed by atoms with Gasteiger partial charge in [0, 0.05) is 15.9 Å². The van der Waals surface area contributed by atoms with Crippen LogP contribution < -0.4 is 14.8 Å². The number of carbonyl (C=O) groups is 1. The van der Waals surface area contributed by atoms with Gasteiger partial charge in [0.1, 0.15) is 5.76 Å². The lowest BCUT2D eigenvalue weighted by molar-refractivity contribution is 0.0925. The maximum absolute atomic E-state index is 12.4. The minimum Gasteiger partial charge on any atom is -0.493 e. The summed E-state index contributed by atoms with van der Waals surface area (Å²) in [5.74, 6) is 1.91. The molecule has 0 aliphatic carbocycles. The number of carbonyl (C=O) groups excluding carboxylic acids is 1. The minimum atomic E-state index is -1.25. The number of furan rings is 1. The van der Waals surface area contributed by atoms with Crippen LogP contribution in [0.3, 0.4) is 0 Å². The Morgan fingerprint density at radius 1 is 1.03 bits per heavy atom. The van der Waals surface area contributed by atoms with Crippen molar-refractivity contribution in [3.63, 3.8) is 0 Å². The van der Waals surface area contributed by atoms with Crippen molar-refractivity contribution in [3.05, 3.63) is 76.2 Å². The number of halogens is 1. The Hall–Kier alpha value is -2.58. The molecule has 3 rings (SSSR count). The number of hydrogen-bond donors (Lipinski definition) is 1. The summed E-state index contributed by atoms with van der Waals surface area (Å²) in [6.45, 7) is 0.440. The van der Waals surface area contributed by atoms with Crippen molar-refractivity contribution < 1.29 is 22.9 Å². The first kappa shape index (κ1) is 22.1. The summed E-state index contributed by atoms with van der Waals surface area (Å²) in [6, 6.07) is 16.2. The summed E-state index contributed by atoms with van der Waals surface area (Å²) < 4.78 is 29.5. The topological polar surface area (TPSA) is 77.8 Å². The molecule has 1 N–H and O–H groups in total. The molecule has 0 saturated carbocycles. The molecule has 30 heavy (non-hydrogen) atoms. The third kappa shape index (κ3) is 5.73. The van der Waals surface area contributed by atoms with E-state index in [1.807, 2.05) is 30.3 Å². The number of methoxy groups -OCH3 is 2. The highest BCUT2D eigenvalue weighted by atomic mass is 79.9. The Balaban J connectivity index is 1.52. The van der Waals surface area contributed by atoms with E-state index in [1.165, 1.54) is 0 Å². The summed E-state index contributed by atoms with van der Waals surface area (Å²) in [4.78, 5) is 13.0. The number of hydrogen-bond acceptors (Lipinski definition) is 5. The first-order valence-electron chi connectivity index (χ1n) is 9.22. The summed E-state index contributed by atoms with van der Waals surface area (Å²) >= 11 is 3.36. The van der Waals surface area contributed by atoms with Gasteiger partial charge in [-0.2, -0.15) is 0 Å². The molecular formula is C22H22BrNO5S. The highest BCUT2D eigenvalue weighted by Gasteiger charge is 2.14. The second-order valence-corrected chi connectivity index (χ2v) is 8.77. The largest absolute Gasteiger partial charge is 0.493 e. The van der Waals surface area contributed by atoms with Crippen molar-refractivity contribution >= 4 is 32.6 Å². The van der Waals surface area contributed by atoms with Gasteiger partial charge in [0.25, 0.3) is 5.91 Å². The van der Waals surface area contributed by atoms with Gasteiger partial charge in [-0.25, -0.2) is 0 Å². The van der Waals surface area contributed by atoms with Gasteiger partial charge in [0.05, 0.1) is 30.8 Å². The standard InChI is InChI=1S/C22H22BrNO5S/c1-27-19-9-3-15(13-21(19)28-2)11-12-24-22(25)20-10-6-17(29-20)14-30(26)18-7-4-16(23)5-8-18/h3-10,13H,11-12,14H2,1-2H3,(H,24,25)/t30-/m0/s1. The predicted molar refractivity (Wildman–Crippen MR) is 119 cm³/mol. The van der Waals surface area contributed by atoms with Gasteiger partial charge in [-0.15, -0.1) is 0 Å². The lowest BCUT2D eigenvalue weighted by atomic mass is 10.1. The molecule has 8 heteroatoms. The number of benzene rings is 2. The van der Waals surface area contributed by atoms with E-state index < -0.39 is 10.8 Å². The fourth-order valence-corrected chi connectivity index (χ4v) is 4.10. The van der Waals surface area contributed by atoms with Crippen LogP contribution in [0, 0.1) is 0 Å². The molecule has 158 valence electrons. The Labute approximate surface area is 186 Å². The van der Waals surface area contributed by atoms with Crippen LogP contribution in [0.1, 0.15) is 21.9 Å². The van der Waals surface area contributed by atoms with Gasteiger partial charge in [-0.1, -0.05) is 22.0 Å². The Morgan fingerprint density at radius 3 is 2.47 bits per heavy atom. The molecule has 0 radical (unpaired) electrons. The van der Waals surface area contributed by atoms with Gasteiger partial charge in [0.2, 0.25) is 0 Å². The van der Waals surface area contributed by atoms with Gasteiger partial charge >= 0.3 is 0 Å². The van der Waals surface area contributed by atoms with Crippen LogP contribution in [0.4, 0.5) is 0 Å². The third-order valence-electron chi connectivity index (χ3n) is 4.38. The van der Waals surface area contributed by atoms with Crippen LogP contribution >= 0.6 is 15.9 Å². The van der Waals surface area contributed by atoms with Gasteiger partial charge in [0.15, 0.2) is 17.3 Å². The number of ether oxygens (including phenoxy) is 2. The zero-order valence-corrected chi connectivity index (χ0v) is 19.0. The van der Waals surface area contributed by atoms with Crippen LogP contribution in [-0.2, 0) is 23.0 Å². The SMILES string of the molecule is COc1ccc(CCNC(=O)c2ccc(C[S@](=O)c3ccc(Br)cc3)o2)cc1OC. The molecule has 2 aromatic carbocycles. The average Bonchev–Trinajstić information content (AvgIpc) is 3.22. The Bertz CT molecular complexity index is 1030. The second kappa shape index (κ2) is 10.4. The second-order valence-electron chi connectivity index (χ2n) is 6.40. The van der Waals surface area contributed by atoms with E-state index in [1.54, 1.807) is 38.5 Å². The molecule has 6 nitrogen and oxygen atoms in total. The molecule has 1 atom stereocenters. The molecule has 1 heterocycles. The van der Waals surface area contributed by atoms with Gasteiger partial charge < -0.3 is 19.2 Å². The van der Waals surface area contributed by atoms with Gasteiger partial charge in [-0.05, 0) is 60.5 Å². The molecule has 0 aliphatic rings. The van der Waals surface area contributed by atoms with Crippen molar-refractivity contribution in [2.75, 3.05) is 20.8 Å². The highest BCUT2D eigenvalue weighted by molar-refractivity contribution is 9.10. The van der Waals surface area contributed by atoms with Crippen LogP contribution in [0.25, 0.3) is 0 Å². The summed E-state index contributed by atoms with van der Waals surface area (Å²) in [6.07, 6.45) is 0.632. The van der Waals surface area contributed by atoms with E-state index in [0.717, 1.165) is 10.0 Å². The molecular weight excluding hydrogens is 470 g/mol.